The number of carbonyl (C=O) groups is 1. The van der Waals surface area contributed by atoms with Crippen LogP contribution in [0.3, 0.4) is 0 Å². The molecule has 2 atom stereocenters. The molecule has 0 aromatic heterocycles. The van der Waals surface area contributed by atoms with Gasteiger partial charge in [0.25, 0.3) is 0 Å². The Bertz CT molecular complexity index is 160. The van der Waals surface area contributed by atoms with Crippen LogP contribution < -0.4 is 5.32 Å². The Hall–Kier alpha value is -0.770. The van der Waals surface area contributed by atoms with E-state index in [1.165, 1.54) is 7.11 Å². The maximum Gasteiger partial charge on any atom is 0.407 e. The number of rotatable bonds is 2. The highest BCUT2D eigenvalue weighted by molar-refractivity contribution is 5.67. The fourth-order valence-corrected chi connectivity index (χ4v) is 1.60. The highest BCUT2D eigenvalue weighted by Crippen LogP contribution is 2.24. The Labute approximate surface area is 71.9 Å². The van der Waals surface area contributed by atoms with Crippen LogP contribution in [0.15, 0.2) is 0 Å². The third-order valence-corrected chi connectivity index (χ3v) is 2.31. The zero-order valence-electron chi connectivity index (χ0n) is 7.25. The minimum absolute atomic E-state index is 0.189. The molecule has 0 aromatic carbocycles. The van der Waals surface area contributed by atoms with E-state index in [9.17, 15) is 4.79 Å². The Morgan fingerprint density at radius 3 is 2.92 bits per heavy atom. The summed E-state index contributed by atoms with van der Waals surface area (Å²) in [6.07, 6.45) is 2.43. The van der Waals surface area contributed by atoms with Crippen LogP contribution in [-0.2, 0) is 4.74 Å². The van der Waals surface area contributed by atoms with Gasteiger partial charge in [-0.05, 0) is 25.2 Å². The fraction of sp³-hybridized carbons (Fsp3) is 0.875. The van der Waals surface area contributed by atoms with E-state index < -0.39 is 0 Å². The summed E-state index contributed by atoms with van der Waals surface area (Å²) in [5.74, 6) is 0.354. The number of hydrogen-bond acceptors (Lipinski definition) is 3. The van der Waals surface area contributed by atoms with Crippen molar-refractivity contribution in [3.63, 3.8) is 0 Å². The van der Waals surface area contributed by atoms with Crippen molar-refractivity contribution in [1.82, 2.24) is 5.32 Å². The first kappa shape index (κ1) is 9.32. The monoisotopic (exact) mass is 173 g/mol. The van der Waals surface area contributed by atoms with Gasteiger partial charge in [0.2, 0.25) is 0 Å². The molecule has 0 saturated heterocycles. The third kappa shape index (κ3) is 2.37. The van der Waals surface area contributed by atoms with Crippen LogP contribution in [0.4, 0.5) is 4.79 Å². The molecular weight excluding hydrogens is 158 g/mol. The third-order valence-electron chi connectivity index (χ3n) is 2.31. The van der Waals surface area contributed by atoms with Crippen LogP contribution in [0, 0.1) is 5.92 Å². The number of aliphatic hydroxyl groups is 1. The number of aliphatic hydroxyl groups excluding tert-OH is 1. The van der Waals surface area contributed by atoms with Crippen molar-refractivity contribution in [1.29, 1.82) is 0 Å². The maximum atomic E-state index is 10.8. The van der Waals surface area contributed by atoms with Gasteiger partial charge in [-0.2, -0.15) is 0 Å². The Morgan fingerprint density at radius 1 is 1.67 bits per heavy atom. The molecule has 0 aromatic rings. The normalized spacial score (nSPS) is 28.5. The molecule has 1 saturated carbocycles. The van der Waals surface area contributed by atoms with Gasteiger partial charge in [0.15, 0.2) is 0 Å². The molecule has 1 aliphatic rings. The maximum absolute atomic E-state index is 10.8. The predicted molar refractivity (Wildman–Crippen MR) is 43.8 cm³/mol. The lowest BCUT2D eigenvalue weighted by atomic mass is 10.1. The molecule has 0 unspecified atom stereocenters. The standard InChI is InChI=1S/C8H15NO3/c1-12-8(11)9-7-3-2-6(4-7)5-10/h6-7,10H,2-5H2,1H3,(H,9,11)/t6-,7-/m1/s1. The summed E-state index contributed by atoms with van der Waals surface area (Å²) in [6.45, 7) is 0.222. The van der Waals surface area contributed by atoms with Gasteiger partial charge in [0.1, 0.15) is 0 Å². The number of nitrogens with one attached hydrogen (secondary N) is 1. The fourth-order valence-electron chi connectivity index (χ4n) is 1.60. The number of amides is 1. The summed E-state index contributed by atoms with van der Waals surface area (Å²) in [4.78, 5) is 10.8. The molecule has 0 aliphatic heterocycles. The van der Waals surface area contributed by atoms with Crippen LogP contribution in [0.5, 0.6) is 0 Å². The summed E-state index contributed by atoms with van der Waals surface area (Å²) in [6, 6.07) is 0.189. The summed E-state index contributed by atoms with van der Waals surface area (Å²) >= 11 is 0. The topological polar surface area (TPSA) is 58.6 Å². The van der Waals surface area contributed by atoms with Crippen molar-refractivity contribution >= 4 is 6.09 Å². The van der Waals surface area contributed by atoms with Gasteiger partial charge in [-0.3, -0.25) is 0 Å². The molecule has 4 nitrogen and oxygen atoms in total. The molecule has 4 heteroatoms. The summed E-state index contributed by atoms with van der Waals surface area (Å²) in [5, 5.41) is 11.6. The minimum Gasteiger partial charge on any atom is -0.453 e. The molecule has 0 bridgehead atoms. The first-order chi connectivity index (χ1) is 5.76. The van der Waals surface area contributed by atoms with Crippen molar-refractivity contribution < 1.29 is 14.6 Å². The first-order valence-electron chi connectivity index (χ1n) is 4.21. The zero-order valence-corrected chi connectivity index (χ0v) is 7.25. The van der Waals surface area contributed by atoms with Gasteiger partial charge in [-0.15, -0.1) is 0 Å². The zero-order chi connectivity index (χ0) is 8.97. The molecule has 0 spiro atoms. The number of alkyl carbamates (subject to hydrolysis) is 1. The summed E-state index contributed by atoms with van der Waals surface area (Å²) in [5.41, 5.74) is 0. The van der Waals surface area contributed by atoms with E-state index in [1.807, 2.05) is 0 Å². The van der Waals surface area contributed by atoms with Gasteiger partial charge in [-0.1, -0.05) is 0 Å². The number of methoxy groups -OCH3 is 1. The van der Waals surface area contributed by atoms with Crippen molar-refractivity contribution in [2.45, 2.75) is 25.3 Å². The molecule has 70 valence electrons. The number of carbonyl (C=O) groups excluding carboxylic acids is 1. The second-order valence-corrected chi connectivity index (χ2v) is 3.19. The van der Waals surface area contributed by atoms with Gasteiger partial charge in [0, 0.05) is 12.6 Å². The van der Waals surface area contributed by atoms with Crippen molar-refractivity contribution in [2.24, 2.45) is 5.92 Å². The lowest BCUT2D eigenvalue weighted by Gasteiger charge is -2.10. The lowest BCUT2D eigenvalue weighted by Crippen LogP contribution is -2.32. The molecule has 1 aliphatic carbocycles. The van der Waals surface area contributed by atoms with Crippen molar-refractivity contribution in [3.05, 3.63) is 0 Å². The summed E-state index contributed by atoms with van der Waals surface area (Å²) < 4.78 is 4.47. The molecule has 1 fully saturated rings. The molecule has 1 amide bonds. The van der Waals surface area contributed by atoms with Crippen LogP contribution in [0.1, 0.15) is 19.3 Å². The predicted octanol–water partition coefficient (Wildman–Crippen LogP) is 0.503. The van der Waals surface area contributed by atoms with E-state index in [-0.39, 0.29) is 18.7 Å². The molecule has 12 heavy (non-hydrogen) atoms. The molecule has 1 rings (SSSR count). The second-order valence-electron chi connectivity index (χ2n) is 3.19. The molecule has 2 N–H and O–H groups in total. The lowest BCUT2D eigenvalue weighted by molar-refractivity contribution is 0.165. The Kier molecular flexibility index (Phi) is 3.34. The average molecular weight is 173 g/mol. The average Bonchev–Trinajstić information content (AvgIpc) is 2.52. The number of hydrogen-bond donors (Lipinski definition) is 2. The highest BCUT2D eigenvalue weighted by atomic mass is 16.5. The van der Waals surface area contributed by atoms with Crippen molar-refractivity contribution in [3.8, 4) is 0 Å². The Morgan fingerprint density at radius 2 is 2.42 bits per heavy atom. The second kappa shape index (κ2) is 4.30. The minimum atomic E-state index is -0.376. The largest absolute Gasteiger partial charge is 0.453 e. The van der Waals surface area contributed by atoms with E-state index in [0.29, 0.717) is 5.92 Å². The van der Waals surface area contributed by atoms with Gasteiger partial charge >= 0.3 is 6.09 Å². The van der Waals surface area contributed by atoms with Crippen molar-refractivity contribution in [2.75, 3.05) is 13.7 Å². The van der Waals surface area contributed by atoms with Crippen LogP contribution in [0.2, 0.25) is 0 Å². The molecular formula is C8H15NO3. The quantitative estimate of drug-likeness (QED) is 0.639. The van der Waals surface area contributed by atoms with Gasteiger partial charge < -0.3 is 15.2 Å². The van der Waals surface area contributed by atoms with E-state index in [4.69, 9.17) is 5.11 Å². The molecule has 0 radical (unpaired) electrons. The SMILES string of the molecule is COC(=O)N[C@@H]1CC[C@@H](CO)C1. The van der Waals surface area contributed by atoms with Crippen LogP contribution in [0.25, 0.3) is 0 Å². The number of ether oxygens (including phenoxy) is 1. The molecule has 0 heterocycles. The van der Waals surface area contributed by atoms with E-state index in [1.54, 1.807) is 0 Å². The van der Waals surface area contributed by atoms with Gasteiger partial charge in [-0.25, -0.2) is 4.79 Å². The highest BCUT2D eigenvalue weighted by Gasteiger charge is 2.25. The van der Waals surface area contributed by atoms with Gasteiger partial charge in [0.05, 0.1) is 7.11 Å². The first-order valence-corrected chi connectivity index (χ1v) is 4.21. The van der Waals surface area contributed by atoms with Crippen LogP contribution >= 0.6 is 0 Å². The van der Waals surface area contributed by atoms with E-state index in [2.05, 4.69) is 10.1 Å². The van der Waals surface area contributed by atoms with E-state index >= 15 is 0 Å². The smallest absolute Gasteiger partial charge is 0.407 e. The van der Waals surface area contributed by atoms with Crippen LogP contribution in [-0.4, -0.2) is 31.0 Å². The Balaban J connectivity index is 2.23. The van der Waals surface area contributed by atoms with E-state index in [0.717, 1.165) is 19.3 Å². The summed E-state index contributed by atoms with van der Waals surface area (Å²) in [7, 11) is 1.35.